The van der Waals surface area contributed by atoms with E-state index in [1.54, 1.807) is 6.92 Å². The van der Waals surface area contributed by atoms with Gasteiger partial charge in [-0.05, 0) is 25.0 Å². The Bertz CT molecular complexity index is 570. The largest absolute Gasteiger partial charge is 0.478 e. The predicted molar refractivity (Wildman–Crippen MR) is 70.6 cm³/mol. The van der Waals surface area contributed by atoms with Crippen molar-refractivity contribution in [2.75, 3.05) is 5.73 Å². The van der Waals surface area contributed by atoms with Gasteiger partial charge in [-0.25, -0.2) is 4.79 Å². The molecule has 0 aliphatic heterocycles. The molecule has 4 heteroatoms. The highest BCUT2D eigenvalue weighted by Crippen LogP contribution is 2.38. The van der Waals surface area contributed by atoms with Gasteiger partial charge < -0.3 is 10.8 Å². The van der Waals surface area contributed by atoms with Gasteiger partial charge in [0.25, 0.3) is 0 Å². The van der Waals surface area contributed by atoms with Gasteiger partial charge >= 0.3 is 5.97 Å². The molecule has 0 aliphatic carbocycles. The Hall–Kier alpha value is -1.81. The second kappa shape index (κ2) is 4.22. The van der Waals surface area contributed by atoms with E-state index in [-0.39, 0.29) is 5.56 Å². The Morgan fingerprint density at radius 1 is 1.24 bits per heavy atom. The number of benzene rings is 1. The van der Waals surface area contributed by atoms with Gasteiger partial charge in [-0.2, -0.15) is 0 Å². The molecule has 0 bridgehead atoms. The molecule has 2 aromatic rings. The molecular weight excluding hydrogens is 234 g/mol. The van der Waals surface area contributed by atoms with Crippen molar-refractivity contribution in [2.45, 2.75) is 13.8 Å². The molecule has 3 N–H and O–H groups in total. The molecule has 0 saturated heterocycles. The third-order valence-corrected chi connectivity index (χ3v) is 3.87. The molecule has 88 valence electrons. The van der Waals surface area contributed by atoms with Gasteiger partial charge in [-0.15, -0.1) is 11.3 Å². The van der Waals surface area contributed by atoms with Crippen molar-refractivity contribution in [3.63, 3.8) is 0 Å². The number of hydrogen-bond acceptors (Lipinski definition) is 3. The maximum atomic E-state index is 11.1. The Labute approximate surface area is 104 Å². The van der Waals surface area contributed by atoms with Crippen molar-refractivity contribution < 1.29 is 9.90 Å². The smallest absolute Gasteiger partial charge is 0.338 e. The Kier molecular flexibility index (Phi) is 2.90. The summed E-state index contributed by atoms with van der Waals surface area (Å²) < 4.78 is 0. The van der Waals surface area contributed by atoms with E-state index in [4.69, 9.17) is 10.8 Å². The van der Waals surface area contributed by atoms with E-state index in [0.717, 1.165) is 16.0 Å². The third-order valence-electron chi connectivity index (χ3n) is 2.70. The standard InChI is InChI=1S/C13H13NO2S/c1-7-3-5-9(6-4-7)11-8(2)10(13(15)16)12(14)17-11/h3-6H,14H2,1-2H3,(H,15,16). The SMILES string of the molecule is Cc1ccc(-c2sc(N)c(C(=O)O)c2C)cc1. The number of nitrogen functional groups attached to an aromatic ring is 1. The van der Waals surface area contributed by atoms with Crippen LogP contribution in [0.15, 0.2) is 24.3 Å². The zero-order valence-electron chi connectivity index (χ0n) is 9.65. The number of carboxylic acids is 1. The minimum Gasteiger partial charge on any atom is -0.478 e. The summed E-state index contributed by atoms with van der Waals surface area (Å²) in [7, 11) is 0. The van der Waals surface area contributed by atoms with Crippen LogP contribution in [-0.4, -0.2) is 11.1 Å². The van der Waals surface area contributed by atoms with Crippen LogP contribution in [0.5, 0.6) is 0 Å². The third kappa shape index (κ3) is 2.03. The van der Waals surface area contributed by atoms with E-state index in [2.05, 4.69) is 0 Å². The average Bonchev–Trinajstić information content (AvgIpc) is 2.55. The number of thiophene rings is 1. The molecule has 17 heavy (non-hydrogen) atoms. The van der Waals surface area contributed by atoms with Crippen LogP contribution < -0.4 is 5.73 Å². The van der Waals surface area contributed by atoms with Gasteiger partial charge in [0, 0.05) is 4.88 Å². The maximum Gasteiger partial charge on any atom is 0.338 e. The molecule has 0 spiro atoms. The summed E-state index contributed by atoms with van der Waals surface area (Å²) >= 11 is 1.33. The summed E-state index contributed by atoms with van der Waals surface area (Å²) in [4.78, 5) is 12.0. The number of nitrogens with two attached hydrogens (primary N) is 1. The van der Waals surface area contributed by atoms with E-state index < -0.39 is 5.97 Å². The van der Waals surface area contributed by atoms with E-state index >= 15 is 0 Å². The number of rotatable bonds is 2. The van der Waals surface area contributed by atoms with E-state index in [1.807, 2.05) is 31.2 Å². The van der Waals surface area contributed by atoms with Gasteiger partial charge in [-0.3, -0.25) is 0 Å². The van der Waals surface area contributed by atoms with Gasteiger partial charge in [0.2, 0.25) is 0 Å². The van der Waals surface area contributed by atoms with Crippen LogP contribution in [0.2, 0.25) is 0 Å². The van der Waals surface area contributed by atoms with Crippen molar-refractivity contribution in [1.29, 1.82) is 0 Å². The van der Waals surface area contributed by atoms with Crippen molar-refractivity contribution >= 4 is 22.3 Å². The number of anilines is 1. The number of carboxylic acid groups (broad SMARTS) is 1. The highest BCUT2D eigenvalue weighted by atomic mass is 32.1. The van der Waals surface area contributed by atoms with Crippen LogP contribution in [-0.2, 0) is 0 Å². The van der Waals surface area contributed by atoms with Crippen molar-refractivity contribution in [3.8, 4) is 10.4 Å². The van der Waals surface area contributed by atoms with Crippen molar-refractivity contribution in [1.82, 2.24) is 0 Å². The van der Waals surface area contributed by atoms with Gasteiger partial charge in [-0.1, -0.05) is 29.8 Å². The second-order valence-electron chi connectivity index (χ2n) is 3.97. The molecule has 0 fully saturated rings. The molecule has 2 rings (SSSR count). The van der Waals surface area contributed by atoms with Gasteiger partial charge in [0.05, 0.1) is 5.56 Å². The van der Waals surface area contributed by atoms with Crippen LogP contribution in [0.1, 0.15) is 21.5 Å². The highest BCUT2D eigenvalue weighted by molar-refractivity contribution is 7.19. The summed E-state index contributed by atoms with van der Waals surface area (Å²) in [5.41, 5.74) is 8.90. The molecule has 0 unspecified atom stereocenters. The van der Waals surface area contributed by atoms with Crippen LogP contribution in [0.3, 0.4) is 0 Å². The second-order valence-corrected chi connectivity index (χ2v) is 5.02. The van der Waals surface area contributed by atoms with Crippen LogP contribution in [0.25, 0.3) is 10.4 Å². The topological polar surface area (TPSA) is 63.3 Å². The normalized spacial score (nSPS) is 10.5. The number of aromatic carboxylic acids is 1. The molecule has 0 saturated carbocycles. The van der Waals surface area contributed by atoms with Crippen molar-refractivity contribution in [3.05, 3.63) is 41.0 Å². The fourth-order valence-electron chi connectivity index (χ4n) is 1.78. The molecule has 0 atom stereocenters. The number of carbonyl (C=O) groups is 1. The first-order chi connectivity index (χ1) is 8.00. The Morgan fingerprint density at radius 2 is 1.82 bits per heavy atom. The Morgan fingerprint density at radius 3 is 2.29 bits per heavy atom. The molecule has 3 nitrogen and oxygen atoms in total. The lowest BCUT2D eigenvalue weighted by molar-refractivity contribution is 0.0698. The molecule has 1 aromatic heterocycles. The number of aryl methyl sites for hydroxylation is 1. The minimum absolute atomic E-state index is 0.227. The quantitative estimate of drug-likeness (QED) is 0.855. The zero-order valence-corrected chi connectivity index (χ0v) is 10.5. The lowest BCUT2D eigenvalue weighted by atomic mass is 10.1. The summed E-state index contributed by atoms with van der Waals surface area (Å²) in [5, 5.41) is 9.44. The first-order valence-corrected chi connectivity index (χ1v) is 6.01. The molecule has 0 radical (unpaired) electrons. The summed E-state index contributed by atoms with van der Waals surface area (Å²) in [6.07, 6.45) is 0. The average molecular weight is 247 g/mol. The summed E-state index contributed by atoms with van der Waals surface area (Å²) in [6, 6.07) is 7.98. The molecule has 0 amide bonds. The molecular formula is C13H13NO2S. The van der Waals surface area contributed by atoms with Crippen molar-refractivity contribution in [2.24, 2.45) is 0 Å². The minimum atomic E-state index is -0.963. The first-order valence-electron chi connectivity index (χ1n) is 5.20. The van der Waals surface area contributed by atoms with Crippen LogP contribution >= 0.6 is 11.3 Å². The van der Waals surface area contributed by atoms with Gasteiger partial charge in [0.15, 0.2) is 0 Å². The summed E-state index contributed by atoms with van der Waals surface area (Å²) in [6.45, 7) is 3.81. The zero-order chi connectivity index (χ0) is 12.6. The summed E-state index contributed by atoms with van der Waals surface area (Å²) in [5.74, 6) is -0.963. The molecule has 0 aliphatic rings. The molecule has 1 aromatic carbocycles. The monoisotopic (exact) mass is 247 g/mol. The molecule has 1 heterocycles. The lowest BCUT2D eigenvalue weighted by Gasteiger charge is -2.00. The van der Waals surface area contributed by atoms with Gasteiger partial charge in [0.1, 0.15) is 5.00 Å². The van der Waals surface area contributed by atoms with Crippen LogP contribution in [0, 0.1) is 13.8 Å². The van der Waals surface area contributed by atoms with Crippen LogP contribution in [0.4, 0.5) is 5.00 Å². The maximum absolute atomic E-state index is 11.1. The fourth-order valence-corrected chi connectivity index (χ4v) is 2.85. The lowest BCUT2D eigenvalue weighted by Crippen LogP contribution is -2.00. The van der Waals surface area contributed by atoms with E-state index in [9.17, 15) is 4.79 Å². The number of hydrogen-bond donors (Lipinski definition) is 2. The predicted octanol–water partition coefficient (Wildman–Crippen LogP) is 3.31. The highest BCUT2D eigenvalue weighted by Gasteiger charge is 2.19. The van der Waals surface area contributed by atoms with E-state index in [1.165, 1.54) is 16.9 Å². The Balaban J connectivity index is 2.57. The first kappa shape index (κ1) is 11.7. The fraction of sp³-hybridized carbons (Fsp3) is 0.154. The van der Waals surface area contributed by atoms with E-state index in [0.29, 0.717) is 5.00 Å².